The third-order valence-corrected chi connectivity index (χ3v) is 5.28. The van der Waals surface area contributed by atoms with Gasteiger partial charge in [-0.2, -0.15) is 10.1 Å². The van der Waals surface area contributed by atoms with Crippen molar-refractivity contribution in [2.75, 3.05) is 17.2 Å². The SMILES string of the molecule is CC(C)n1ncc2cnc(Nc3ncc(-c4nnco4)c(NC(CO)c4ccccc4)n3)cc21. The van der Waals surface area contributed by atoms with E-state index in [0.29, 0.717) is 23.1 Å². The molecule has 0 spiro atoms. The molecule has 5 aromatic rings. The van der Waals surface area contributed by atoms with Crippen LogP contribution < -0.4 is 10.6 Å². The van der Waals surface area contributed by atoms with Crippen LogP contribution in [0.2, 0.25) is 0 Å². The molecule has 1 atom stereocenters. The zero-order chi connectivity index (χ0) is 23.5. The van der Waals surface area contributed by atoms with Gasteiger partial charge in [0.15, 0.2) is 0 Å². The molecule has 5 rings (SSSR count). The average molecular weight is 457 g/mol. The molecule has 0 bridgehead atoms. The third-order valence-electron chi connectivity index (χ3n) is 5.28. The average Bonchev–Trinajstić information content (AvgIpc) is 3.53. The second-order valence-electron chi connectivity index (χ2n) is 7.93. The van der Waals surface area contributed by atoms with Crippen LogP contribution in [0.4, 0.5) is 17.6 Å². The van der Waals surface area contributed by atoms with Gasteiger partial charge in [-0.05, 0) is 19.4 Å². The molecule has 4 heterocycles. The molecule has 172 valence electrons. The first-order valence-electron chi connectivity index (χ1n) is 10.8. The first-order chi connectivity index (χ1) is 16.6. The minimum atomic E-state index is -0.402. The number of hydrogen-bond donors (Lipinski definition) is 3. The number of aliphatic hydroxyl groups is 1. The number of aliphatic hydroxyl groups excluding tert-OH is 1. The molecule has 4 aromatic heterocycles. The molecule has 0 radical (unpaired) electrons. The van der Waals surface area contributed by atoms with Crippen molar-refractivity contribution >= 4 is 28.5 Å². The molecule has 0 saturated carbocycles. The largest absolute Gasteiger partial charge is 0.423 e. The molecular weight excluding hydrogens is 434 g/mol. The van der Waals surface area contributed by atoms with Crippen molar-refractivity contribution < 1.29 is 9.52 Å². The Morgan fingerprint density at radius 1 is 1.09 bits per heavy atom. The summed E-state index contributed by atoms with van der Waals surface area (Å²) < 4.78 is 7.30. The first-order valence-corrected chi connectivity index (χ1v) is 10.8. The highest BCUT2D eigenvalue weighted by Crippen LogP contribution is 2.29. The predicted octanol–water partition coefficient (Wildman–Crippen LogP) is 3.74. The van der Waals surface area contributed by atoms with Crippen molar-refractivity contribution in [3.8, 4) is 11.5 Å². The van der Waals surface area contributed by atoms with Crippen molar-refractivity contribution in [2.45, 2.75) is 25.9 Å². The van der Waals surface area contributed by atoms with E-state index < -0.39 is 6.04 Å². The number of nitrogens with zero attached hydrogens (tertiary/aromatic N) is 7. The highest BCUT2D eigenvalue weighted by molar-refractivity contribution is 5.81. The second kappa shape index (κ2) is 9.24. The Balaban J connectivity index is 1.49. The van der Waals surface area contributed by atoms with E-state index in [-0.39, 0.29) is 18.5 Å². The minimum absolute atomic E-state index is 0.141. The van der Waals surface area contributed by atoms with E-state index in [4.69, 9.17) is 4.42 Å². The third kappa shape index (κ3) is 4.28. The summed E-state index contributed by atoms with van der Waals surface area (Å²) in [5.41, 5.74) is 2.38. The van der Waals surface area contributed by atoms with Gasteiger partial charge in [0, 0.05) is 29.9 Å². The standard InChI is InChI=1S/C23H23N9O2/c1-14(2)32-19-8-20(24-9-16(19)10-27-32)29-23-25-11-17(22-31-26-13-34-22)21(30-23)28-18(12-33)15-6-4-3-5-7-15/h3-11,13-14,18,33H,12H2,1-2H3,(H2,24,25,28,29,30). The molecule has 0 aliphatic heterocycles. The molecular formula is C23H23N9O2. The summed E-state index contributed by atoms with van der Waals surface area (Å²) in [6.45, 7) is 4.00. The fourth-order valence-corrected chi connectivity index (χ4v) is 3.62. The first kappa shape index (κ1) is 21.5. The summed E-state index contributed by atoms with van der Waals surface area (Å²) >= 11 is 0. The summed E-state index contributed by atoms with van der Waals surface area (Å²) in [6, 6.07) is 11.3. The van der Waals surface area contributed by atoms with E-state index >= 15 is 0 Å². The number of anilines is 3. The molecule has 1 aromatic carbocycles. The monoisotopic (exact) mass is 457 g/mol. The fraction of sp³-hybridized carbons (Fsp3) is 0.217. The van der Waals surface area contributed by atoms with Gasteiger partial charge in [0.05, 0.1) is 29.9 Å². The summed E-state index contributed by atoms with van der Waals surface area (Å²) in [5.74, 6) is 1.59. The lowest BCUT2D eigenvalue weighted by Gasteiger charge is -2.19. The van der Waals surface area contributed by atoms with Crippen molar-refractivity contribution in [2.24, 2.45) is 0 Å². The van der Waals surface area contributed by atoms with E-state index in [1.54, 1.807) is 18.6 Å². The van der Waals surface area contributed by atoms with Crippen LogP contribution in [0.1, 0.15) is 31.5 Å². The van der Waals surface area contributed by atoms with Crippen LogP contribution in [0.5, 0.6) is 0 Å². The van der Waals surface area contributed by atoms with E-state index in [0.717, 1.165) is 16.5 Å². The van der Waals surface area contributed by atoms with Crippen molar-refractivity contribution in [1.82, 2.24) is 34.9 Å². The zero-order valence-electron chi connectivity index (χ0n) is 18.6. The number of rotatable bonds is 8. The van der Waals surface area contributed by atoms with Gasteiger partial charge < -0.3 is 20.2 Å². The molecule has 1 unspecified atom stereocenters. The predicted molar refractivity (Wildman–Crippen MR) is 126 cm³/mol. The van der Waals surface area contributed by atoms with Crippen LogP contribution in [-0.2, 0) is 0 Å². The molecule has 0 aliphatic rings. The van der Waals surface area contributed by atoms with Gasteiger partial charge in [0.2, 0.25) is 12.3 Å². The highest BCUT2D eigenvalue weighted by atomic mass is 16.4. The van der Waals surface area contributed by atoms with E-state index in [9.17, 15) is 5.11 Å². The molecule has 3 N–H and O–H groups in total. The Labute approximate surface area is 194 Å². The number of pyridine rings is 1. The van der Waals surface area contributed by atoms with Crippen molar-refractivity contribution in [3.63, 3.8) is 0 Å². The normalized spacial score (nSPS) is 12.2. The maximum Gasteiger partial charge on any atom is 0.252 e. The van der Waals surface area contributed by atoms with Crippen molar-refractivity contribution in [3.05, 3.63) is 66.9 Å². The topological polar surface area (TPSA) is 140 Å². The molecule has 0 aliphatic carbocycles. The van der Waals surface area contributed by atoms with Crippen LogP contribution in [0.25, 0.3) is 22.4 Å². The Morgan fingerprint density at radius 3 is 2.68 bits per heavy atom. The van der Waals surface area contributed by atoms with E-state index in [1.165, 1.54) is 6.39 Å². The molecule has 34 heavy (non-hydrogen) atoms. The van der Waals surface area contributed by atoms with Gasteiger partial charge in [-0.3, -0.25) is 4.68 Å². The summed E-state index contributed by atoms with van der Waals surface area (Å²) in [7, 11) is 0. The molecule has 0 fully saturated rings. The summed E-state index contributed by atoms with van der Waals surface area (Å²) in [5, 5.41) is 29.6. The Morgan fingerprint density at radius 2 is 1.94 bits per heavy atom. The number of hydrogen-bond acceptors (Lipinski definition) is 10. The lowest BCUT2D eigenvalue weighted by Crippen LogP contribution is -2.17. The van der Waals surface area contributed by atoms with Gasteiger partial charge in [0.25, 0.3) is 5.89 Å². The number of nitrogens with one attached hydrogen (secondary N) is 2. The van der Waals surface area contributed by atoms with Gasteiger partial charge in [0.1, 0.15) is 11.6 Å². The van der Waals surface area contributed by atoms with Gasteiger partial charge in [-0.1, -0.05) is 30.3 Å². The van der Waals surface area contributed by atoms with Gasteiger partial charge >= 0.3 is 0 Å². The van der Waals surface area contributed by atoms with Crippen LogP contribution in [-0.4, -0.2) is 46.6 Å². The maximum atomic E-state index is 10.0. The minimum Gasteiger partial charge on any atom is -0.423 e. The molecule has 0 amide bonds. The maximum absolute atomic E-state index is 10.0. The fourth-order valence-electron chi connectivity index (χ4n) is 3.62. The molecule has 11 nitrogen and oxygen atoms in total. The number of aromatic nitrogens is 7. The highest BCUT2D eigenvalue weighted by Gasteiger charge is 2.19. The van der Waals surface area contributed by atoms with Crippen LogP contribution in [0.3, 0.4) is 0 Å². The van der Waals surface area contributed by atoms with Crippen LogP contribution in [0.15, 0.2) is 65.8 Å². The summed E-state index contributed by atoms with van der Waals surface area (Å²) in [4.78, 5) is 13.5. The van der Waals surface area contributed by atoms with E-state index in [1.807, 2.05) is 41.1 Å². The lowest BCUT2D eigenvalue weighted by molar-refractivity contribution is 0.276. The summed E-state index contributed by atoms with van der Waals surface area (Å²) in [6.07, 6.45) is 6.37. The zero-order valence-corrected chi connectivity index (χ0v) is 18.6. The van der Waals surface area contributed by atoms with Crippen molar-refractivity contribution in [1.29, 1.82) is 0 Å². The smallest absolute Gasteiger partial charge is 0.252 e. The van der Waals surface area contributed by atoms with Gasteiger partial charge in [-0.25, -0.2) is 9.97 Å². The van der Waals surface area contributed by atoms with E-state index in [2.05, 4.69) is 54.7 Å². The lowest BCUT2D eigenvalue weighted by atomic mass is 10.1. The van der Waals surface area contributed by atoms with Crippen LogP contribution in [0, 0.1) is 0 Å². The second-order valence-corrected chi connectivity index (χ2v) is 7.93. The Bertz CT molecular complexity index is 1380. The molecule has 11 heteroatoms. The number of fused-ring (bicyclic) bond motifs is 1. The Kier molecular flexibility index (Phi) is 5.83. The number of benzene rings is 1. The quantitative estimate of drug-likeness (QED) is 0.316. The van der Waals surface area contributed by atoms with Gasteiger partial charge in [-0.15, -0.1) is 10.2 Å². The van der Waals surface area contributed by atoms with Crippen LogP contribution >= 0.6 is 0 Å². The molecule has 0 saturated heterocycles. The Hall–Kier alpha value is -4.38.